The Morgan fingerprint density at radius 2 is 1.90 bits per heavy atom. The number of furan rings is 1. The lowest BCUT2D eigenvalue weighted by molar-refractivity contribution is 0.464. The molecule has 0 saturated carbocycles. The first-order valence-electron chi connectivity index (χ1n) is 6.50. The van der Waals surface area contributed by atoms with Gasteiger partial charge in [0.2, 0.25) is 0 Å². The minimum absolute atomic E-state index is 0.187. The van der Waals surface area contributed by atoms with Gasteiger partial charge in [0.1, 0.15) is 17.6 Å². The van der Waals surface area contributed by atoms with E-state index in [1.807, 2.05) is 0 Å². The molecule has 0 radical (unpaired) electrons. The topological polar surface area (TPSA) is 51.2 Å². The van der Waals surface area contributed by atoms with Crippen LogP contribution in [0, 0.1) is 18.6 Å². The number of halogens is 2. The third-order valence-corrected chi connectivity index (χ3v) is 3.48. The third-order valence-electron chi connectivity index (χ3n) is 3.48. The van der Waals surface area contributed by atoms with Crippen LogP contribution in [0.3, 0.4) is 0 Å². The van der Waals surface area contributed by atoms with Gasteiger partial charge in [0.05, 0.1) is 0 Å². The molecule has 5 heteroatoms. The molecule has 0 spiro atoms. The molecule has 0 aliphatic heterocycles. The number of hydrogen-bond acceptors (Lipinski definition) is 3. The van der Waals surface area contributed by atoms with Crippen molar-refractivity contribution in [2.75, 3.05) is 0 Å². The maximum atomic E-state index is 13.7. The summed E-state index contributed by atoms with van der Waals surface area (Å²) in [6.07, 6.45) is 0. The molecule has 2 aromatic carbocycles. The van der Waals surface area contributed by atoms with Crippen molar-refractivity contribution in [3.05, 3.63) is 71.0 Å². The number of hydrogen-bond donors (Lipinski definition) is 2. The van der Waals surface area contributed by atoms with Crippen molar-refractivity contribution in [3.63, 3.8) is 0 Å². The van der Waals surface area contributed by atoms with E-state index in [9.17, 15) is 8.78 Å². The highest BCUT2D eigenvalue weighted by Gasteiger charge is 2.19. The van der Waals surface area contributed by atoms with Gasteiger partial charge < -0.3 is 4.42 Å². The third kappa shape index (κ3) is 2.41. The molecule has 0 aliphatic rings. The summed E-state index contributed by atoms with van der Waals surface area (Å²) in [4.78, 5) is 0. The Kier molecular flexibility index (Phi) is 3.45. The van der Waals surface area contributed by atoms with Crippen LogP contribution in [0.1, 0.15) is 22.9 Å². The van der Waals surface area contributed by atoms with Crippen LogP contribution in [0.25, 0.3) is 11.0 Å². The lowest BCUT2D eigenvalue weighted by Gasteiger charge is -2.14. The molecule has 0 amide bonds. The quantitative estimate of drug-likeness (QED) is 0.572. The Balaban J connectivity index is 2.09. The summed E-state index contributed by atoms with van der Waals surface area (Å²) in [6, 6.07) is 10.6. The Morgan fingerprint density at radius 1 is 1.10 bits per heavy atom. The first-order chi connectivity index (χ1) is 10.1. The zero-order valence-corrected chi connectivity index (χ0v) is 11.4. The second kappa shape index (κ2) is 5.27. The van der Waals surface area contributed by atoms with E-state index in [2.05, 4.69) is 5.43 Å². The SMILES string of the molecule is Cc1cc(C(NN)c2cc3cccc(F)c3o2)ccc1F. The van der Waals surface area contributed by atoms with Crippen molar-refractivity contribution < 1.29 is 13.2 Å². The molecule has 1 heterocycles. The number of para-hydroxylation sites is 1. The molecule has 1 atom stereocenters. The fourth-order valence-corrected chi connectivity index (χ4v) is 2.38. The fourth-order valence-electron chi connectivity index (χ4n) is 2.38. The Hall–Kier alpha value is -2.24. The van der Waals surface area contributed by atoms with Gasteiger partial charge in [0, 0.05) is 5.39 Å². The molecule has 108 valence electrons. The van der Waals surface area contributed by atoms with E-state index in [4.69, 9.17) is 10.3 Å². The number of rotatable bonds is 3. The number of aryl methyl sites for hydroxylation is 1. The predicted molar refractivity (Wildman–Crippen MR) is 76.5 cm³/mol. The van der Waals surface area contributed by atoms with Gasteiger partial charge in [-0.25, -0.2) is 14.2 Å². The molecule has 1 unspecified atom stereocenters. The standard InChI is InChI=1S/C16H14F2N2O/c1-9-7-10(5-6-12(9)17)15(20-19)14-8-11-3-2-4-13(18)16(11)21-14/h2-8,15,20H,19H2,1H3. The smallest absolute Gasteiger partial charge is 0.169 e. The van der Waals surface area contributed by atoms with Crippen LogP contribution in [0.15, 0.2) is 46.9 Å². The van der Waals surface area contributed by atoms with Gasteiger partial charge in [-0.2, -0.15) is 0 Å². The summed E-state index contributed by atoms with van der Waals surface area (Å²) < 4.78 is 32.6. The lowest BCUT2D eigenvalue weighted by Crippen LogP contribution is -2.28. The summed E-state index contributed by atoms with van der Waals surface area (Å²) in [6.45, 7) is 1.67. The van der Waals surface area contributed by atoms with E-state index in [0.717, 1.165) is 5.56 Å². The zero-order chi connectivity index (χ0) is 15.0. The van der Waals surface area contributed by atoms with E-state index in [-0.39, 0.29) is 11.4 Å². The van der Waals surface area contributed by atoms with E-state index in [0.29, 0.717) is 16.7 Å². The van der Waals surface area contributed by atoms with Crippen LogP contribution in [-0.4, -0.2) is 0 Å². The van der Waals surface area contributed by atoms with Crippen molar-refractivity contribution in [2.45, 2.75) is 13.0 Å². The average molecular weight is 288 g/mol. The number of nitrogens with one attached hydrogen (secondary N) is 1. The van der Waals surface area contributed by atoms with Crippen molar-refractivity contribution in [3.8, 4) is 0 Å². The van der Waals surface area contributed by atoms with Crippen LogP contribution in [0.4, 0.5) is 8.78 Å². The minimum atomic E-state index is -0.476. The van der Waals surface area contributed by atoms with Gasteiger partial charge in [-0.1, -0.05) is 24.3 Å². The summed E-state index contributed by atoms with van der Waals surface area (Å²) >= 11 is 0. The molecular weight excluding hydrogens is 274 g/mol. The number of benzene rings is 2. The number of nitrogens with two attached hydrogens (primary N) is 1. The highest BCUT2D eigenvalue weighted by molar-refractivity contribution is 5.78. The first-order valence-corrected chi connectivity index (χ1v) is 6.50. The predicted octanol–water partition coefficient (Wildman–Crippen LogP) is 3.57. The number of hydrazine groups is 1. The lowest BCUT2D eigenvalue weighted by atomic mass is 10.0. The van der Waals surface area contributed by atoms with E-state index in [1.165, 1.54) is 12.1 Å². The van der Waals surface area contributed by atoms with Gasteiger partial charge >= 0.3 is 0 Å². The van der Waals surface area contributed by atoms with Gasteiger partial charge in [0.25, 0.3) is 0 Å². The molecule has 0 aliphatic carbocycles. The average Bonchev–Trinajstić information content (AvgIpc) is 2.89. The molecule has 3 nitrogen and oxygen atoms in total. The molecule has 0 fully saturated rings. The Labute approximate surface area is 120 Å². The second-order valence-electron chi connectivity index (χ2n) is 4.92. The van der Waals surface area contributed by atoms with Crippen molar-refractivity contribution in [2.24, 2.45) is 5.84 Å². The Morgan fingerprint density at radius 3 is 2.57 bits per heavy atom. The van der Waals surface area contributed by atoms with Gasteiger partial charge in [-0.05, 0) is 36.2 Å². The summed E-state index contributed by atoms with van der Waals surface area (Å²) in [5.74, 6) is 5.35. The Bertz CT molecular complexity index is 798. The molecule has 3 rings (SSSR count). The van der Waals surface area contributed by atoms with Crippen molar-refractivity contribution in [1.29, 1.82) is 0 Å². The molecule has 0 bridgehead atoms. The molecule has 0 saturated heterocycles. The fraction of sp³-hybridized carbons (Fsp3) is 0.125. The van der Waals surface area contributed by atoms with Gasteiger partial charge in [-0.15, -0.1) is 0 Å². The molecule has 3 N–H and O–H groups in total. The summed E-state index contributed by atoms with van der Waals surface area (Å²) in [5, 5.41) is 0.657. The van der Waals surface area contributed by atoms with Crippen LogP contribution in [-0.2, 0) is 0 Å². The number of fused-ring (bicyclic) bond motifs is 1. The minimum Gasteiger partial charge on any atom is -0.456 e. The van der Waals surface area contributed by atoms with Crippen LogP contribution in [0.5, 0.6) is 0 Å². The zero-order valence-electron chi connectivity index (χ0n) is 11.4. The highest BCUT2D eigenvalue weighted by atomic mass is 19.1. The van der Waals surface area contributed by atoms with Crippen LogP contribution in [0.2, 0.25) is 0 Å². The van der Waals surface area contributed by atoms with Crippen LogP contribution >= 0.6 is 0 Å². The van der Waals surface area contributed by atoms with E-state index < -0.39 is 11.9 Å². The highest BCUT2D eigenvalue weighted by Crippen LogP contribution is 2.29. The second-order valence-corrected chi connectivity index (χ2v) is 4.92. The first kappa shape index (κ1) is 13.7. The summed E-state index contributed by atoms with van der Waals surface area (Å²) in [7, 11) is 0. The van der Waals surface area contributed by atoms with Gasteiger partial charge in [-0.3, -0.25) is 5.84 Å². The monoisotopic (exact) mass is 288 g/mol. The van der Waals surface area contributed by atoms with E-state index >= 15 is 0 Å². The van der Waals surface area contributed by atoms with E-state index in [1.54, 1.807) is 37.3 Å². The maximum Gasteiger partial charge on any atom is 0.169 e. The normalized spacial score (nSPS) is 12.8. The largest absolute Gasteiger partial charge is 0.456 e. The van der Waals surface area contributed by atoms with Crippen molar-refractivity contribution in [1.82, 2.24) is 5.43 Å². The molecule has 21 heavy (non-hydrogen) atoms. The molecule has 3 aromatic rings. The van der Waals surface area contributed by atoms with Crippen LogP contribution < -0.4 is 11.3 Å². The summed E-state index contributed by atoms with van der Waals surface area (Å²) in [5.41, 5.74) is 4.07. The maximum absolute atomic E-state index is 13.7. The molecular formula is C16H14F2N2O. The van der Waals surface area contributed by atoms with Crippen molar-refractivity contribution >= 4 is 11.0 Å². The van der Waals surface area contributed by atoms with Gasteiger partial charge in [0.15, 0.2) is 11.4 Å². The molecule has 1 aromatic heterocycles.